The quantitative estimate of drug-likeness (QED) is 0.765. The van der Waals surface area contributed by atoms with Crippen LogP contribution < -0.4 is 10.1 Å². The molecule has 1 amide bonds. The van der Waals surface area contributed by atoms with Gasteiger partial charge in [0, 0.05) is 58.0 Å². The molecule has 2 aliphatic heterocycles. The Kier molecular flexibility index (Phi) is 7.96. The first kappa shape index (κ1) is 20.0. The van der Waals surface area contributed by atoms with E-state index in [4.69, 9.17) is 9.47 Å². The minimum Gasteiger partial charge on any atom is -0.491 e. The molecule has 0 saturated carbocycles. The summed E-state index contributed by atoms with van der Waals surface area (Å²) >= 11 is 0. The van der Waals surface area contributed by atoms with E-state index in [-0.39, 0.29) is 18.3 Å². The molecule has 1 N–H and O–H groups in total. The first-order valence-electron chi connectivity index (χ1n) is 8.74. The smallest absolute Gasteiger partial charge is 0.254 e. The highest BCUT2D eigenvalue weighted by atomic mass is 35.5. The number of carbonyl (C=O) groups excluding carboxylic acids is 1. The number of nitrogens with zero attached hydrogens (tertiary/aromatic N) is 2. The van der Waals surface area contributed by atoms with Crippen molar-refractivity contribution in [2.24, 2.45) is 0 Å². The molecule has 2 saturated heterocycles. The van der Waals surface area contributed by atoms with Gasteiger partial charge in [-0.15, -0.1) is 12.4 Å². The highest BCUT2D eigenvalue weighted by Gasteiger charge is 2.31. The van der Waals surface area contributed by atoms with Crippen molar-refractivity contribution in [3.63, 3.8) is 0 Å². The van der Waals surface area contributed by atoms with Crippen LogP contribution in [0, 0.1) is 0 Å². The third-order valence-corrected chi connectivity index (χ3v) is 4.76. The van der Waals surface area contributed by atoms with E-state index in [1.165, 1.54) is 0 Å². The van der Waals surface area contributed by atoms with E-state index >= 15 is 0 Å². The monoisotopic (exact) mass is 369 g/mol. The van der Waals surface area contributed by atoms with Gasteiger partial charge >= 0.3 is 0 Å². The second kappa shape index (κ2) is 9.97. The molecule has 2 heterocycles. The van der Waals surface area contributed by atoms with Crippen molar-refractivity contribution >= 4 is 18.3 Å². The topological polar surface area (TPSA) is 54.0 Å². The maximum atomic E-state index is 12.8. The Morgan fingerprint density at radius 2 is 2.04 bits per heavy atom. The molecule has 0 aliphatic carbocycles. The van der Waals surface area contributed by atoms with Gasteiger partial charge in [-0.1, -0.05) is 6.07 Å². The molecule has 0 bridgehead atoms. The fourth-order valence-electron chi connectivity index (χ4n) is 3.42. The minimum absolute atomic E-state index is 0. The third kappa shape index (κ3) is 5.31. The molecule has 1 aromatic rings. The molecule has 1 unspecified atom stereocenters. The fraction of sp³-hybridized carbons (Fsp3) is 0.611. The molecule has 1 atom stereocenters. The molecule has 1 aromatic carbocycles. The lowest BCUT2D eigenvalue weighted by Gasteiger charge is -2.32. The molecule has 2 fully saturated rings. The second-order valence-electron chi connectivity index (χ2n) is 6.35. The van der Waals surface area contributed by atoms with E-state index in [9.17, 15) is 4.79 Å². The van der Waals surface area contributed by atoms with Crippen LogP contribution in [0.1, 0.15) is 16.8 Å². The van der Waals surface area contributed by atoms with Gasteiger partial charge in [0.15, 0.2) is 0 Å². The molecule has 3 rings (SSSR count). The van der Waals surface area contributed by atoms with Gasteiger partial charge in [0.2, 0.25) is 0 Å². The van der Waals surface area contributed by atoms with Crippen LogP contribution in [0.2, 0.25) is 0 Å². The molecule has 7 heteroatoms. The molecular formula is C18H28ClN3O3. The van der Waals surface area contributed by atoms with Crippen molar-refractivity contribution < 1.29 is 14.3 Å². The van der Waals surface area contributed by atoms with Crippen LogP contribution in [0.3, 0.4) is 0 Å². The summed E-state index contributed by atoms with van der Waals surface area (Å²) in [4.78, 5) is 17.3. The predicted molar refractivity (Wildman–Crippen MR) is 99.8 cm³/mol. The summed E-state index contributed by atoms with van der Waals surface area (Å²) in [5.74, 6) is 0.820. The Labute approximate surface area is 155 Å². The number of hydrogen-bond donors (Lipinski definition) is 1. The average molecular weight is 370 g/mol. The maximum absolute atomic E-state index is 12.8. The van der Waals surface area contributed by atoms with Gasteiger partial charge in [-0.25, -0.2) is 0 Å². The third-order valence-electron chi connectivity index (χ3n) is 4.76. The first-order chi connectivity index (χ1) is 11.8. The van der Waals surface area contributed by atoms with Gasteiger partial charge in [0.1, 0.15) is 12.4 Å². The van der Waals surface area contributed by atoms with Crippen LogP contribution in [0.15, 0.2) is 24.3 Å². The molecule has 0 aromatic heterocycles. The fourth-order valence-corrected chi connectivity index (χ4v) is 3.42. The van der Waals surface area contributed by atoms with Crippen LogP contribution in [-0.2, 0) is 4.74 Å². The van der Waals surface area contributed by atoms with Gasteiger partial charge in [-0.05, 0) is 24.6 Å². The number of halogens is 1. The standard InChI is InChI=1S/C18H27N3O3.ClH/c1-23-11-12-24-17-4-2-3-15(13-17)18(22)21-8-5-16(14-21)20-9-6-19-7-10-20;/h2-4,13,16,19H,5-12,14H2,1H3;1H. The van der Waals surface area contributed by atoms with E-state index in [1.54, 1.807) is 7.11 Å². The number of likely N-dealkylation sites (tertiary alicyclic amines) is 1. The molecular weight excluding hydrogens is 342 g/mol. The largest absolute Gasteiger partial charge is 0.491 e. The molecule has 2 aliphatic rings. The van der Waals surface area contributed by atoms with Crippen molar-refractivity contribution in [1.29, 1.82) is 0 Å². The van der Waals surface area contributed by atoms with Crippen LogP contribution in [0.25, 0.3) is 0 Å². The van der Waals surface area contributed by atoms with Gasteiger partial charge in [0.25, 0.3) is 5.91 Å². The Morgan fingerprint density at radius 1 is 1.24 bits per heavy atom. The van der Waals surface area contributed by atoms with Crippen molar-refractivity contribution in [2.75, 3.05) is 59.6 Å². The number of methoxy groups -OCH3 is 1. The normalized spacial score (nSPS) is 21.0. The Bertz CT molecular complexity index is 552. The van der Waals surface area contributed by atoms with Crippen molar-refractivity contribution in [3.8, 4) is 5.75 Å². The Balaban J connectivity index is 0.00000225. The van der Waals surface area contributed by atoms with E-state index in [0.29, 0.717) is 24.8 Å². The highest BCUT2D eigenvalue weighted by Crippen LogP contribution is 2.20. The number of hydrogen-bond acceptors (Lipinski definition) is 5. The molecule has 25 heavy (non-hydrogen) atoms. The number of rotatable bonds is 6. The lowest BCUT2D eigenvalue weighted by Crippen LogP contribution is -2.49. The first-order valence-corrected chi connectivity index (χ1v) is 8.74. The van der Waals surface area contributed by atoms with Crippen molar-refractivity contribution in [2.45, 2.75) is 12.5 Å². The number of carbonyl (C=O) groups is 1. The van der Waals surface area contributed by atoms with E-state index in [0.717, 1.165) is 51.4 Å². The number of benzene rings is 1. The van der Waals surface area contributed by atoms with Crippen molar-refractivity contribution in [3.05, 3.63) is 29.8 Å². The molecule has 6 nitrogen and oxygen atoms in total. The summed E-state index contributed by atoms with van der Waals surface area (Å²) in [6.07, 6.45) is 1.07. The van der Waals surface area contributed by atoms with Crippen molar-refractivity contribution in [1.82, 2.24) is 15.1 Å². The number of nitrogens with one attached hydrogen (secondary N) is 1. The summed E-state index contributed by atoms with van der Waals surface area (Å²) in [6, 6.07) is 7.94. The van der Waals surface area contributed by atoms with Gasteiger partial charge < -0.3 is 19.7 Å². The Morgan fingerprint density at radius 3 is 2.80 bits per heavy atom. The van der Waals surface area contributed by atoms with Gasteiger partial charge in [-0.2, -0.15) is 0 Å². The zero-order valence-corrected chi connectivity index (χ0v) is 15.6. The molecule has 0 spiro atoms. The molecule has 140 valence electrons. The number of ether oxygens (including phenoxy) is 2. The van der Waals surface area contributed by atoms with Gasteiger partial charge in [0.05, 0.1) is 6.61 Å². The zero-order chi connectivity index (χ0) is 16.8. The average Bonchev–Trinajstić information content (AvgIpc) is 3.12. The highest BCUT2D eigenvalue weighted by molar-refractivity contribution is 5.94. The summed E-state index contributed by atoms with van der Waals surface area (Å²) in [5, 5.41) is 3.38. The second-order valence-corrected chi connectivity index (χ2v) is 6.35. The minimum atomic E-state index is 0. The van der Waals surface area contributed by atoms with Crippen LogP contribution >= 0.6 is 12.4 Å². The van der Waals surface area contributed by atoms with Gasteiger partial charge in [-0.3, -0.25) is 9.69 Å². The molecule has 0 radical (unpaired) electrons. The zero-order valence-electron chi connectivity index (χ0n) is 14.8. The lowest BCUT2D eigenvalue weighted by atomic mass is 10.2. The Hall–Kier alpha value is -1.34. The van der Waals surface area contributed by atoms with Crippen LogP contribution in [0.4, 0.5) is 0 Å². The van der Waals surface area contributed by atoms with E-state index in [1.807, 2.05) is 29.2 Å². The van der Waals surface area contributed by atoms with E-state index in [2.05, 4.69) is 10.2 Å². The van der Waals surface area contributed by atoms with E-state index < -0.39 is 0 Å². The summed E-state index contributed by atoms with van der Waals surface area (Å²) in [5.41, 5.74) is 0.700. The SMILES string of the molecule is COCCOc1cccc(C(=O)N2CCC(N3CCNCC3)C2)c1.Cl. The van der Waals surface area contributed by atoms with Crippen LogP contribution in [0.5, 0.6) is 5.75 Å². The maximum Gasteiger partial charge on any atom is 0.254 e. The summed E-state index contributed by atoms with van der Waals surface area (Å²) < 4.78 is 10.6. The summed E-state index contributed by atoms with van der Waals surface area (Å²) in [7, 11) is 1.64. The number of piperazine rings is 1. The summed E-state index contributed by atoms with van der Waals surface area (Å²) in [6.45, 7) is 6.94. The predicted octanol–water partition coefficient (Wildman–Crippen LogP) is 1.25. The lowest BCUT2D eigenvalue weighted by molar-refractivity contribution is 0.0773. The van der Waals surface area contributed by atoms with Crippen LogP contribution in [-0.4, -0.2) is 81.3 Å². The number of amides is 1.